The third-order valence-corrected chi connectivity index (χ3v) is 5.27. The van der Waals surface area contributed by atoms with Crippen LogP contribution in [0.4, 0.5) is 16.2 Å². The first kappa shape index (κ1) is 16.8. The summed E-state index contributed by atoms with van der Waals surface area (Å²) in [6.45, 7) is 3.06. The highest BCUT2D eigenvalue weighted by molar-refractivity contribution is 7.09. The Hall–Kier alpha value is -2.61. The van der Waals surface area contributed by atoms with Gasteiger partial charge in [-0.1, -0.05) is 0 Å². The molecule has 0 radical (unpaired) electrons. The van der Waals surface area contributed by atoms with Crippen molar-refractivity contribution >= 4 is 34.6 Å². The number of urea groups is 1. The van der Waals surface area contributed by atoms with Crippen LogP contribution in [0.3, 0.4) is 0 Å². The maximum absolute atomic E-state index is 12.7. The maximum atomic E-state index is 12.7. The number of nitrogens with zero attached hydrogens (tertiary/aromatic N) is 3. The molecule has 1 N–H and O–H groups in total. The zero-order chi connectivity index (χ0) is 18.1. The number of nitrogens with one attached hydrogen (secondary N) is 1. The lowest BCUT2D eigenvalue weighted by molar-refractivity contribution is -0.121. The molecule has 1 aliphatic carbocycles. The van der Waals surface area contributed by atoms with Crippen LogP contribution < -0.4 is 15.0 Å². The Morgan fingerprint density at radius 3 is 3.00 bits per heavy atom. The quantitative estimate of drug-likeness (QED) is 0.875. The molecule has 2 aliphatic rings. The van der Waals surface area contributed by atoms with E-state index in [0.29, 0.717) is 24.5 Å². The number of likely N-dealkylation sites (N-methyl/N-ethyl adjacent to an activating group) is 1. The van der Waals surface area contributed by atoms with E-state index in [1.807, 2.05) is 23.3 Å². The van der Waals surface area contributed by atoms with Gasteiger partial charge in [0.2, 0.25) is 0 Å². The van der Waals surface area contributed by atoms with Gasteiger partial charge in [0.25, 0.3) is 5.91 Å². The SMILES string of the molecule is CCN1C(=O)COc2cc(NC(=O)N(Cc3nccs3)C3CC3)ccc21. The summed E-state index contributed by atoms with van der Waals surface area (Å²) in [6.07, 6.45) is 3.81. The molecule has 0 spiro atoms. The van der Waals surface area contributed by atoms with Crippen LogP contribution in [0.15, 0.2) is 29.8 Å². The maximum Gasteiger partial charge on any atom is 0.322 e. The van der Waals surface area contributed by atoms with E-state index in [4.69, 9.17) is 4.74 Å². The van der Waals surface area contributed by atoms with E-state index >= 15 is 0 Å². The van der Waals surface area contributed by atoms with Crippen molar-refractivity contribution in [2.75, 3.05) is 23.4 Å². The number of fused-ring (bicyclic) bond motifs is 1. The summed E-state index contributed by atoms with van der Waals surface area (Å²) in [5, 5.41) is 5.80. The zero-order valence-electron chi connectivity index (χ0n) is 14.5. The number of carbonyl (C=O) groups is 2. The lowest BCUT2D eigenvalue weighted by atomic mass is 10.2. The zero-order valence-corrected chi connectivity index (χ0v) is 15.3. The summed E-state index contributed by atoms with van der Waals surface area (Å²) in [7, 11) is 0. The predicted octanol–water partition coefficient (Wildman–Crippen LogP) is 3.08. The summed E-state index contributed by atoms with van der Waals surface area (Å²) in [5.41, 5.74) is 1.40. The number of carbonyl (C=O) groups excluding carboxylic acids is 2. The van der Waals surface area contributed by atoms with Crippen molar-refractivity contribution in [1.29, 1.82) is 0 Å². The van der Waals surface area contributed by atoms with Crippen LogP contribution in [0.1, 0.15) is 24.8 Å². The third-order valence-electron chi connectivity index (χ3n) is 4.51. The van der Waals surface area contributed by atoms with Crippen LogP contribution >= 0.6 is 11.3 Å². The largest absolute Gasteiger partial charge is 0.481 e. The Kier molecular flexibility index (Phi) is 4.50. The number of benzene rings is 1. The number of hydrogen-bond acceptors (Lipinski definition) is 5. The topological polar surface area (TPSA) is 74.8 Å². The number of ether oxygens (including phenoxy) is 1. The average molecular weight is 372 g/mol. The van der Waals surface area contributed by atoms with Gasteiger partial charge < -0.3 is 19.9 Å². The lowest BCUT2D eigenvalue weighted by Crippen LogP contribution is -2.38. The molecule has 26 heavy (non-hydrogen) atoms. The van der Waals surface area contributed by atoms with Gasteiger partial charge in [-0.2, -0.15) is 0 Å². The molecule has 2 aromatic rings. The number of amides is 3. The minimum Gasteiger partial charge on any atom is -0.481 e. The van der Waals surface area contributed by atoms with Crippen LogP contribution in [0, 0.1) is 0 Å². The summed E-state index contributed by atoms with van der Waals surface area (Å²) in [6, 6.07) is 5.53. The van der Waals surface area contributed by atoms with Gasteiger partial charge in [0, 0.05) is 35.9 Å². The van der Waals surface area contributed by atoms with Crippen molar-refractivity contribution in [3.8, 4) is 5.75 Å². The predicted molar refractivity (Wildman–Crippen MR) is 99.7 cm³/mol. The summed E-state index contributed by atoms with van der Waals surface area (Å²) in [4.78, 5) is 32.4. The van der Waals surface area contributed by atoms with Crippen LogP contribution in [-0.2, 0) is 11.3 Å². The lowest BCUT2D eigenvalue weighted by Gasteiger charge is -2.29. The van der Waals surface area contributed by atoms with E-state index in [9.17, 15) is 9.59 Å². The first-order valence-electron chi connectivity index (χ1n) is 8.69. The average Bonchev–Trinajstić information content (AvgIpc) is 3.35. The number of hydrogen-bond donors (Lipinski definition) is 1. The minimum absolute atomic E-state index is 0.0243. The Bertz CT molecular complexity index is 820. The fourth-order valence-electron chi connectivity index (χ4n) is 3.05. The summed E-state index contributed by atoms with van der Waals surface area (Å²) >= 11 is 1.55. The van der Waals surface area contributed by atoms with Crippen molar-refractivity contribution in [2.24, 2.45) is 0 Å². The molecule has 1 aromatic heterocycles. The van der Waals surface area contributed by atoms with Gasteiger partial charge in [-0.15, -0.1) is 11.3 Å². The summed E-state index contributed by atoms with van der Waals surface area (Å²) < 4.78 is 5.53. The monoisotopic (exact) mass is 372 g/mol. The van der Waals surface area contributed by atoms with Crippen LogP contribution in [0.5, 0.6) is 5.75 Å². The second-order valence-electron chi connectivity index (χ2n) is 6.32. The van der Waals surface area contributed by atoms with Gasteiger partial charge in [0.05, 0.1) is 12.2 Å². The summed E-state index contributed by atoms with van der Waals surface area (Å²) in [5.74, 6) is 0.558. The Labute approximate surface area is 155 Å². The molecule has 0 bridgehead atoms. The van der Waals surface area contributed by atoms with E-state index in [1.165, 1.54) is 0 Å². The van der Waals surface area contributed by atoms with Gasteiger partial charge in [0.1, 0.15) is 10.8 Å². The van der Waals surface area contributed by atoms with Gasteiger partial charge in [0.15, 0.2) is 6.61 Å². The van der Waals surface area contributed by atoms with Crippen LogP contribution in [0.2, 0.25) is 0 Å². The molecule has 4 rings (SSSR count). The molecule has 0 unspecified atom stereocenters. The molecule has 7 nitrogen and oxygen atoms in total. The van der Waals surface area contributed by atoms with Crippen LogP contribution in [-0.4, -0.2) is 41.0 Å². The number of thiazole rings is 1. The fourth-order valence-corrected chi connectivity index (χ4v) is 3.67. The Morgan fingerprint density at radius 1 is 1.46 bits per heavy atom. The standard InChI is InChI=1S/C18H20N4O3S/c1-2-21-14-6-3-12(9-15(14)25-11-17(21)23)20-18(24)22(13-4-5-13)10-16-19-7-8-26-16/h3,6-9,13H,2,4-5,10-11H2,1H3,(H,20,24). The Morgan fingerprint density at radius 2 is 2.31 bits per heavy atom. The highest BCUT2D eigenvalue weighted by atomic mass is 32.1. The Balaban J connectivity index is 1.49. The van der Waals surface area contributed by atoms with Gasteiger partial charge in [-0.3, -0.25) is 4.79 Å². The van der Waals surface area contributed by atoms with E-state index in [2.05, 4.69) is 10.3 Å². The highest BCUT2D eigenvalue weighted by Crippen LogP contribution is 2.35. The van der Waals surface area contributed by atoms with Crippen molar-refractivity contribution in [1.82, 2.24) is 9.88 Å². The van der Waals surface area contributed by atoms with Crippen molar-refractivity contribution in [3.05, 3.63) is 34.8 Å². The van der Waals surface area contributed by atoms with Gasteiger partial charge in [-0.25, -0.2) is 9.78 Å². The van der Waals surface area contributed by atoms with E-state index in [0.717, 1.165) is 23.5 Å². The molecule has 1 aromatic carbocycles. The second-order valence-corrected chi connectivity index (χ2v) is 7.30. The third kappa shape index (κ3) is 3.37. The first-order chi connectivity index (χ1) is 12.7. The smallest absolute Gasteiger partial charge is 0.322 e. The normalized spacial score (nSPS) is 16.0. The van der Waals surface area contributed by atoms with E-state index in [-0.39, 0.29) is 24.6 Å². The van der Waals surface area contributed by atoms with Crippen LogP contribution in [0.25, 0.3) is 0 Å². The molecule has 2 heterocycles. The molecule has 0 atom stereocenters. The van der Waals surface area contributed by atoms with Gasteiger partial charge >= 0.3 is 6.03 Å². The molecular formula is C18H20N4O3S. The first-order valence-corrected chi connectivity index (χ1v) is 9.57. The van der Waals surface area contributed by atoms with E-state index in [1.54, 1.807) is 34.6 Å². The number of rotatable bonds is 5. The molecule has 3 amide bonds. The fraction of sp³-hybridized carbons (Fsp3) is 0.389. The number of anilines is 2. The van der Waals surface area contributed by atoms with Crippen molar-refractivity contribution < 1.29 is 14.3 Å². The second kappa shape index (κ2) is 6.95. The molecular weight excluding hydrogens is 352 g/mol. The molecule has 0 saturated heterocycles. The molecule has 1 saturated carbocycles. The highest BCUT2D eigenvalue weighted by Gasteiger charge is 2.33. The minimum atomic E-state index is -0.137. The molecule has 1 fully saturated rings. The van der Waals surface area contributed by atoms with Crippen molar-refractivity contribution in [2.45, 2.75) is 32.4 Å². The van der Waals surface area contributed by atoms with E-state index < -0.39 is 0 Å². The van der Waals surface area contributed by atoms with Gasteiger partial charge in [-0.05, 0) is 31.9 Å². The molecule has 136 valence electrons. The molecule has 8 heteroatoms. The number of aromatic nitrogens is 1. The molecule has 1 aliphatic heterocycles. The van der Waals surface area contributed by atoms with Crippen molar-refractivity contribution in [3.63, 3.8) is 0 Å².